The molecule has 0 saturated heterocycles. The molecule has 5 atom stereocenters. The standard InChI is InChI=1S/C35H60O8/c1-4-25(3)22-26-10-15-31(16-11-26)42-35(38)28-14-19-32(29(23-28)24-36)34(43-39)27-12-17-30(18-13-27)40-20-8-6-7-9-21-41-33(37)5-2/h5,25-32,34,36,39H,2,4,6-24H2,1,3H3. The molecule has 0 amide bonds. The average Bonchev–Trinajstić information content (AvgIpc) is 3.04. The molecule has 3 aliphatic carbocycles. The van der Waals surface area contributed by atoms with E-state index in [1.807, 2.05) is 0 Å². The van der Waals surface area contributed by atoms with Crippen LogP contribution < -0.4 is 0 Å². The number of ether oxygens (including phenoxy) is 3. The number of carbonyl (C=O) groups is 2. The number of hydrogen-bond acceptors (Lipinski definition) is 8. The predicted molar refractivity (Wildman–Crippen MR) is 166 cm³/mol. The number of hydrogen-bond donors (Lipinski definition) is 2. The van der Waals surface area contributed by atoms with Crippen molar-refractivity contribution >= 4 is 11.9 Å². The van der Waals surface area contributed by atoms with Gasteiger partial charge in [-0.05, 0) is 126 Å². The third kappa shape index (κ3) is 12.1. The van der Waals surface area contributed by atoms with E-state index in [2.05, 4.69) is 20.4 Å². The van der Waals surface area contributed by atoms with Gasteiger partial charge >= 0.3 is 11.9 Å². The van der Waals surface area contributed by atoms with Gasteiger partial charge in [-0.2, -0.15) is 0 Å². The van der Waals surface area contributed by atoms with E-state index >= 15 is 0 Å². The predicted octanol–water partition coefficient (Wildman–Crippen LogP) is 7.27. The molecule has 0 aliphatic heterocycles. The fourth-order valence-electron chi connectivity index (χ4n) is 7.76. The lowest BCUT2D eigenvalue weighted by Gasteiger charge is -2.42. The van der Waals surface area contributed by atoms with E-state index < -0.39 is 0 Å². The fourth-order valence-corrected chi connectivity index (χ4v) is 7.76. The van der Waals surface area contributed by atoms with Crippen LogP contribution in [0.4, 0.5) is 0 Å². The van der Waals surface area contributed by atoms with Crippen LogP contribution in [-0.4, -0.2) is 60.4 Å². The number of aliphatic hydroxyl groups excluding tert-OH is 1. The Labute approximate surface area is 260 Å². The highest BCUT2D eigenvalue weighted by Crippen LogP contribution is 2.43. The molecule has 8 nitrogen and oxygen atoms in total. The van der Waals surface area contributed by atoms with Crippen molar-refractivity contribution in [2.45, 2.75) is 141 Å². The zero-order valence-electron chi connectivity index (χ0n) is 27.0. The Bertz CT molecular complexity index is 802. The molecule has 3 saturated carbocycles. The Balaban J connectivity index is 1.34. The van der Waals surface area contributed by atoms with Crippen LogP contribution in [0.15, 0.2) is 12.7 Å². The second kappa shape index (κ2) is 19.8. The molecule has 0 bridgehead atoms. The first-order valence-corrected chi connectivity index (χ1v) is 17.4. The molecule has 43 heavy (non-hydrogen) atoms. The molecule has 0 heterocycles. The number of carbonyl (C=O) groups excluding carboxylic acids is 2. The SMILES string of the molecule is C=CC(=O)OCCCCCCOC1CCC(C(OO)C2CCC(C(=O)OC3CCC(CC(C)CC)CC3)CC2CO)CC1. The van der Waals surface area contributed by atoms with Crippen molar-refractivity contribution < 1.29 is 39.1 Å². The van der Waals surface area contributed by atoms with Crippen molar-refractivity contribution in [3.8, 4) is 0 Å². The summed E-state index contributed by atoms with van der Waals surface area (Å²) in [6.07, 6.45) is 17.5. The van der Waals surface area contributed by atoms with E-state index in [-0.39, 0.29) is 60.5 Å². The maximum Gasteiger partial charge on any atom is 0.330 e. The first-order chi connectivity index (χ1) is 20.9. The summed E-state index contributed by atoms with van der Waals surface area (Å²) < 4.78 is 17.1. The van der Waals surface area contributed by atoms with Crippen LogP contribution in [0.1, 0.15) is 123 Å². The maximum atomic E-state index is 13.1. The summed E-state index contributed by atoms with van der Waals surface area (Å²) in [5.41, 5.74) is 0. The zero-order valence-corrected chi connectivity index (χ0v) is 27.0. The lowest BCUT2D eigenvalue weighted by Crippen LogP contribution is -2.43. The van der Waals surface area contributed by atoms with E-state index in [9.17, 15) is 20.0 Å². The van der Waals surface area contributed by atoms with Crippen LogP contribution in [0.2, 0.25) is 0 Å². The minimum Gasteiger partial charge on any atom is -0.463 e. The zero-order chi connectivity index (χ0) is 31.0. The van der Waals surface area contributed by atoms with Crippen molar-refractivity contribution in [2.24, 2.45) is 35.5 Å². The highest BCUT2D eigenvalue weighted by molar-refractivity contribution is 5.81. The Morgan fingerprint density at radius 1 is 0.907 bits per heavy atom. The summed E-state index contributed by atoms with van der Waals surface area (Å²) in [5, 5.41) is 20.2. The number of rotatable bonds is 18. The monoisotopic (exact) mass is 608 g/mol. The van der Waals surface area contributed by atoms with Gasteiger partial charge in [0, 0.05) is 19.3 Å². The Kier molecular flexibility index (Phi) is 16.6. The largest absolute Gasteiger partial charge is 0.463 e. The van der Waals surface area contributed by atoms with E-state index in [1.165, 1.54) is 18.9 Å². The first kappa shape index (κ1) is 36.0. The van der Waals surface area contributed by atoms with Crippen LogP contribution in [0.5, 0.6) is 0 Å². The fraction of sp³-hybridized carbons (Fsp3) is 0.886. The van der Waals surface area contributed by atoms with E-state index in [0.29, 0.717) is 13.0 Å². The van der Waals surface area contributed by atoms with Gasteiger partial charge in [0.1, 0.15) is 6.10 Å². The Morgan fingerprint density at radius 2 is 1.58 bits per heavy atom. The van der Waals surface area contributed by atoms with Crippen LogP contribution in [-0.2, 0) is 28.7 Å². The van der Waals surface area contributed by atoms with Gasteiger partial charge in [-0.25, -0.2) is 9.68 Å². The summed E-state index contributed by atoms with van der Waals surface area (Å²) in [6, 6.07) is 0. The second-order valence-electron chi connectivity index (χ2n) is 13.7. The van der Waals surface area contributed by atoms with Gasteiger partial charge in [-0.15, -0.1) is 0 Å². The van der Waals surface area contributed by atoms with Gasteiger partial charge in [0.05, 0.1) is 24.7 Å². The number of esters is 2. The number of unbranched alkanes of at least 4 members (excludes halogenated alkanes) is 3. The maximum absolute atomic E-state index is 13.1. The molecular formula is C35H60O8. The van der Waals surface area contributed by atoms with Crippen molar-refractivity contribution in [3.05, 3.63) is 12.7 Å². The molecule has 248 valence electrons. The quantitative estimate of drug-likeness (QED) is 0.0549. The van der Waals surface area contributed by atoms with E-state index in [0.717, 1.165) is 108 Å². The lowest BCUT2D eigenvalue weighted by atomic mass is 9.67. The molecular weight excluding hydrogens is 548 g/mol. The third-order valence-electron chi connectivity index (χ3n) is 10.6. The molecule has 0 aromatic heterocycles. The van der Waals surface area contributed by atoms with Gasteiger partial charge in [0.2, 0.25) is 0 Å². The van der Waals surface area contributed by atoms with Crippen LogP contribution in [0.3, 0.4) is 0 Å². The third-order valence-corrected chi connectivity index (χ3v) is 10.6. The molecule has 2 N–H and O–H groups in total. The van der Waals surface area contributed by atoms with Gasteiger partial charge in [-0.3, -0.25) is 10.1 Å². The van der Waals surface area contributed by atoms with Crippen LogP contribution in [0.25, 0.3) is 0 Å². The average molecular weight is 609 g/mol. The Hall–Kier alpha value is -1.48. The highest BCUT2D eigenvalue weighted by Gasteiger charge is 2.43. The van der Waals surface area contributed by atoms with Gasteiger partial charge < -0.3 is 19.3 Å². The van der Waals surface area contributed by atoms with Gasteiger partial charge in [0.15, 0.2) is 0 Å². The van der Waals surface area contributed by atoms with Crippen molar-refractivity contribution in [3.63, 3.8) is 0 Å². The van der Waals surface area contributed by atoms with Crippen molar-refractivity contribution in [2.75, 3.05) is 19.8 Å². The summed E-state index contributed by atoms with van der Waals surface area (Å²) in [7, 11) is 0. The normalized spacial score (nSPS) is 31.1. The summed E-state index contributed by atoms with van der Waals surface area (Å²) >= 11 is 0. The topological polar surface area (TPSA) is 112 Å². The first-order valence-electron chi connectivity index (χ1n) is 17.4. The molecule has 3 fully saturated rings. The molecule has 0 aromatic rings. The molecule has 5 unspecified atom stereocenters. The molecule has 8 heteroatoms. The van der Waals surface area contributed by atoms with Crippen molar-refractivity contribution in [1.82, 2.24) is 0 Å². The molecule has 0 radical (unpaired) electrons. The summed E-state index contributed by atoms with van der Waals surface area (Å²) in [6.45, 7) is 9.13. The minimum atomic E-state index is -0.368. The summed E-state index contributed by atoms with van der Waals surface area (Å²) in [4.78, 5) is 29.3. The van der Waals surface area contributed by atoms with Crippen molar-refractivity contribution in [1.29, 1.82) is 0 Å². The van der Waals surface area contributed by atoms with Gasteiger partial charge in [0.25, 0.3) is 0 Å². The van der Waals surface area contributed by atoms with Crippen LogP contribution >= 0.6 is 0 Å². The second-order valence-corrected chi connectivity index (χ2v) is 13.7. The smallest absolute Gasteiger partial charge is 0.330 e. The lowest BCUT2D eigenvalue weighted by molar-refractivity contribution is -0.311. The molecule has 0 spiro atoms. The Morgan fingerprint density at radius 3 is 2.21 bits per heavy atom. The highest BCUT2D eigenvalue weighted by atomic mass is 17.1. The van der Waals surface area contributed by atoms with Gasteiger partial charge in [-0.1, -0.05) is 33.3 Å². The van der Waals surface area contributed by atoms with E-state index in [4.69, 9.17) is 19.1 Å². The minimum absolute atomic E-state index is 0.00975. The molecule has 3 rings (SSSR count). The summed E-state index contributed by atoms with van der Waals surface area (Å²) in [5.74, 6) is 1.04. The van der Waals surface area contributed by atoms with E-state index in [1.54, 1.807) is 0 Å². The molecule has 0 aromatic carbocycles. The molecule has 3 aliphatic rings. The number of aliphatic hydroxyl groups is 1. The van der Waals surface area contributed by atoms with Crippen LogP contribution in [0, 0.1) is 35.5 Å².